The maximum atomic E-state index is 13.6. The SMILES string of the molecule is O=C(N[C@@H]1c2ccccc2C[C@@H]1O)c1nn(-c2ccc(Cl)cc2Cl)c2c1COCC2=Cc1ccc(F)cc1. The molecule has 2 N–H and O–H groups in total. The second-order valence-corrected chi connectivity index (χ2v) is 10.2. The predicted molar refractivity (Wildman–Crippen MR) is 144 cm³/mol. The predicted octanol–water partition coefficient (Wildman–Crippen LogP) is 5.78. The Kier molecular flexibility index (Phi) is 6.53. The monoisotopic (exact) mass is 549 g/mol. The minimum Gasteiger partial charge on any atom is -0.390 e. The number of fused-ring (bicyclic) bond motifs is 2. The first-order valence-electron chi connectivity index (χ1n) is 12.1. The number of nitrogens with zero attached hydrogens (tertiary/aromatic N) is 2. The van der Waals surface area contributed by atoms with Crippen LogP contribution < -0.4 is 5.32 Å². The van der Waals surface area contributed by atoms with Crippen molar-refractivity contribution in [1.29, 1.82) is 0 Å². The van der Waals surface area contributed by atoms with Gasteiger partial charge in [0, 0.05) is 22.6 Å². The highest BCUT2D eigenvalue weighted by atomic mass is 35.5. The number of carbonyl (C=O) groups is 1. The van der Waals surface area contributed by atoms with Gasteiger partial charge in [-0.05, 0) is 53.1 Å². The van der Waals surface area contributed by atoms with Crippen molar-refractivity contribution in [3.05, 3.63) is 116 Å². The quantitative estimate of drug-likeness (QED) is 0.338. The minimum atomic E-state index is -0.745. The van der Waals surface area contributed by atoms with E-state index in [1.165, 1.54) is 12.1 Å². The van der Waals surface area contributed by atoms with Gasteiger partial charge in [-0.3, -0.25) is 4.79 Å². The number of hydrogen-bond acceptors (Lipinski definition) is 4. The number of amides is 1. The summed E-state index contributed by atoms with van der Waals surface area (Å²) in [5.74, 6) is -0.766. The van der Waals surface area contributed by atoms with Gasteiger partial charge in [0.25, 0.3) is 5.91 Å². The van der Waals surface area contributed by atoms with Crippen LogP contribution in [0.5, 0.6) is 0 Å². The Morgan fingerprint density at radius 1 is 1.11 bits per heavy atom. The molecule has 2 aliphatic rings. The lowest BCUT2D eigenvalue weighted by atomic mass is 10.0. The molecule has 1 aliphatic carbocycles. The molecule has 6 rings (SSSR count). The molecule has 9 heteroatoms. The third-order valence-corrected chi connectivity index (χ3v) is 7.38. The van der Waals surface area contributed by atoms with Gasteiger partial charge >= 0.3 is 0 Å². The zero-order chi connectivity index (χ0) is 26.4. The highest BCUT2D eigenvalue weighted by Crippen LogP contribution is 2.36. The molecule has 38 heavy (non-hydrogen) atoms. The van der Waals surface area contributed by atoms with Crippen molar-refractivity contribution < 1.29 is 19.0 Å². The van der Waals surface area contributed by atoms with E-state index in [4.69, 9.17) is 33.0 Å². The van der Waals surface area contributed by atoms with Gasteiger partial charge in [0.1, 0.15) is 5.82 Å². The number of ether oxygens (including phenoxy) is 1. The molecular weight excluding hydrogens is 528 g/mol. The molecule has 6 nitrogen and oxygen atoms in total. The summed E-state index contributed by atoms with van der Waals surface area (Å²) in [6, 6.07) is 18.2. The summed E-state index contributed by atoms with van der Waals surface area (Å²) in [5, 5.41) is 19.2. The molecule has 1 aromatic heterocycles. The topological polar surface area (TPSA) is 76.4 Å². The summed E-state index contributed by atoms with van der Waals surface area (Å²) in [7, 11) is 0. The third-order valence-electron chi connectivity index (χ3n) is 6.85. The van der Waals surface area contributed by atoms with Crippen molar-refractivity contribution >= 4 is 40.8 Å². The van der Waals surface area contributed by atoms with Gasteiger partial charge in [0.05, 0.1) is 41.8 Å². The molecular formula is C29H22Cl2FN3O3. The number of rotatable bonds is 4. The number of nitrogens with one attached hydrogen (secondary N) is 1. The van der Waals surface area contributed by atoms with Crippen molar-refractivity contribution in [1.82, 2.24) is 15.1 Å². The van der Waals surface area contributed by atoms with Gasteiger partial charge in [-0.15, -0.1) is 0 Å². The molecule has 3 aromatic carbocycles. The summed E-state index contributed by atoms with van der Waals surface area (Å²) < 4.78 is 21.0. The average Bonchev–Trinajstić information content (AvgIpc) is 3.44. The van der Waals surface area contributed by atoms with E-state index in [0.29, 0.717) is 33.4 Å². The Bertz CT molecular complexity index is 1580. The van der Waals surface area contributed by atoms with Crippen LogP contribution >= 0.6 is 23.2 Å². The van der Waals surface area contributed by atoms with E-state index in [-0.39, 0.29) is 24.7 Å². The van der Waals surface area contributed by atoms with Crippen LogP contribution in [0.2, 0.25) is 10.0 Å². The summed E-state index contributed by atoms with van der Waals surface area (Å²) in [4.78, 5) is 13.6. The number of aromatic nitrogens is 2. The van der Waals surface area contributed by atoms with E-state index in [2.05, 4.69) is 5.32 Å². The number of benzene rings is 3. The van der Waals surface area contributed by atoms with Crippen LogP contribution in [0.4, 0.5) is 4.39 Å². The second kappa shape index (κ2) is 10.0. The first-order chi connectivity index (χ1) is 18.4. The van der Waals surface area contributed by atoms with Crippen molar-refractivity contribution in [2.24, 2.45) is 0 Å². The van der Waals surface area contributed by atoms with E-state index in [1.807, 2.05) is 30.3 Å². The molecule has 1 amide bonds. The van der Waals surface area contributed by atoms with Gasteiger partial charge in [0.2, 0.25) is 0 Å². The molecule has 0 saturated carbocycles. The molecule has 0 radical (unpaired) electrons. The maximum absolute atomic E-state index is 13.6. The fourth-order valence-corrected chi connectivity index (χ4v) is 5.57. The van der Waals surface area contributed by atoms with Gasteiger partial charge < -0.3 is 15.2 Å². The first kappa shape index (κ1) is 24.8. The number of halogens is 3. The normalized spacial score (nSPS) is 19.3. The largest absolute Gasteiger partial charge is 0.390 e. The number of hydrogen-bond donors (Lipinski definition) is 2. The minimum absolute atomic E-state index is 0.161. The Labute approximate surface area is 228 Å². The van der Waals surface area contributed by atoms with E-state index in [1.54, 1.807) is 35.0 Å². The molecule has 0 bridgehead atoms. The number of carbonyl (C=O) groups excluding carboxylic acids is 1. The Morgan fingerprint density at radius 3 is 2.68 bits per heavy atom. The van der Waals surface area contributed by atoms with Crippen LogP contribution in [0, 0.1) is 5.82 Å². The highest BCUT2D eigenvalue weighted by Gasteiger charge is 2.35. The molecule has 4 aromatic rings. The van der Waals surface area contributed by atoms with Gasteiger partial charge in [-0.25, -0.2) is 9.07 Å². The standard InChI is InChI=1S/C29H22Cl2FN3O3/c30-19-7-10-24(23(31)13-19)35-28-18(11-16-5-8-20(32)9-6-16)14-38-15-22(28)27(34-35)29(37)33-26-21-4-2-1-3-17(21)12-25(26)36/h1-11,13,25-26,36H,12,14-15H2,(H,33,37)/t25-,26+/m0/s1. The Morgan fingerprint density at radius 2 is 1.89 bits per heavy atom. The van der Waals surface area contributed by atoms with E-state index >= 15 is 0 Å². The van der Waals surface area contributed by atoms with Crippen molar-refractivity contribution in [3.63, 3.8) is 0 Å². The fraction of sp³-hybridized carbons (Fsp3) is 0.172. The molecule has 192 valence electrons. The summed E-state index contributed by atoms with van der Waals surface area (Å²) in [6.45, 7) is 0.422. The molecule has 2 atom stereocenters. The zero-order valence-corrected chi connectivity index (χ0v) is 21.5. The average molecular weight is 550 g/mol. The lowest BCUT2D eigenvalue weighted by Crippen LogP contribution is -2.34. The smallest absolute Gasteiger partial charge is 0.272 e. The van der Waals surface area contributed by atoms with Gasteiger partial charge in [0.15, 0.2) is 5.69 Å². The molecule has 0 spiro atoms. The van der Waals surface area contributed by atoms with Crippen LogP contribution in [-0.4, -0.2) is 33.5 Å². The van der Waals surface area contributed by atoms with Crippen LogP contribution in [0.1, 0.15) is 44.5 Å². The lowest BCUT2D eigenvalue weighted by Gasteiger charge is -2.20. The maximum Gasteiger partial charge on any atom is 0.272 e. The Hall–Kier alpha value is -3.49. The summed E-state index contributed by atoms with van der Waals surface area (Å²) in [6.07, 6.45) is 1.59. The Balaban J connectivity index is 1.46. The van der Waals surface area contributed by atoms with Gasteiger partial charge in [-0.1, -0.05) is 59.6 Å². The molecule has 0 saturated heterocycles. The van der Waals surface area contributed by atoms with Crippen molar-refractivity contribution in [2.75, 3.05) is 6.61 Å². The first-order valence-corrected chi connectivity index (χ1v) is 12.8. The zero-order valence-electron chi connectivity index (χ0n) is 20.0. The fourth-order valence-electron chi connectivity index (χ4n) is 5.09. The van der Waals surface area contributed by atoms with Crippen LogP contribution in [0.25, 0.3) is 17.3 Å². The molecule has 1 aliphatic heterocycles. The summed E-state index contributed by atoms with van der Waals surface area (Å²) >= 11 is 12.7. The number of aliphatic hydroxyl groups is 1. The van der Waals surface area contributed by atoms with Crippen molar-refractivity contribution in [2.45, 2.75) is 25.2 Å². The molecule has 2 heterocycles. The second-order valence-electron chi connectivity index (χ2n) is 9.32. The molecule has 0 unspecified atom stereocenters. The lowest BCUT2D eigenvalue weighted by molar-refractivity contribution is 0.0846. The molecule has 0 fully saturated rings. The van der Waals surface area contributed by atoms with E-state index in [9.17, 15) is 14.3 Å². The number of aliphatic hydroxyl groups excluding tert-OH is 1. The van der Waals surface area contributed by atoms with Crippen LogP contribution in [0.3, 0.4) is 0 Å². The van der Waals surface area contributed by atoms with E-state index < -0.39 is 18.1 Å². The van der Waals surface area contributed by atoms with Crippen LogP contribution in [0.15, 0.2) is 66.7 Å². The van der Waals surface area contributed by atoms with Crippen molar-refractivity contribution in [3.8, 4) is 5.69 Å². The summed E-state index contributed by atoms with van der Waals surface area (Å²) in [5.41, 5.74) is 5.38. The van der Waals surface area contributed by atoms with Crippen LogP contribution in [-0.2, 0) is 17.8 Å². The highest BCUT2D eigenvalue weighted by molar-refractivity contribution is 6.35. The van der Waals surface area contributed by atoms with E-state index in [0.717, 1.165) is 22.3 Å². The third kappa shape index (κ3) is 4.52. The van der Waals surface area contributed by atoms with Gasteiger partial charge in [-0.2, -0.15) is 5.10 Å².